The molecule has 0 radical (unpaired) electrons. The highest BCUT2D eigenvalue weighted by atomic mass is 16.3. The Labute approximate surface area is 122 Å². The number of hydrogen-bond acceptors (Lipinski definition) is 4. The fraction of sp³-hybridized carbons (Fsp3) is 0.250. The Bertz CT molecular complexity index is 663. The molecule has 0 saturated carbocycles. The Morgan fingerprint density at radius 2 is 1.95 bits per heavy atom. The van der Waals surface area contributed by atoms with Crippen LogP contribution in [0.4, 0.5) is 5.69 Å². The third-order valence-corrected chi connectivity index (χ3v) is 3.48. The zero-order valence-electron chi connectivity index (χ0n) is 11.7. The summed E-state index contributed by atoms with van der Waals surface area (Å²) in [4.78, 5) is 25.6. The van der Waals surface area contributed by atoms with Crippen LogP contribution in [0.2, 0.25) is 0 Å². The standard InChI is InChI=1S/C16H16N2O3/c1-11-7-8-13(21-11)10-17-14-9-15(19)18(16(14)20)12-5-3-2-4-6-12/h2-8,14,17H,9-10H2,1H3/t14-/m0/s1. The molecule has 1 aromatic carbocycles. The fourth-order valence-electron chi connectivity index (χ4n) is 2.44. The summed E-state index contributed by atoms with van der Waals surface area (Å²) in [6, 6.07) is 12.2. The van der Waals surface area contributed by atoms with Crippen LogP contribution in [-0.4, -0.2) is 17.9 Å². The second-order valence-corrected chi connectivity index (χ2v) is 5.05. The Kier molecular flexibility index (Phi) is 3.58. The van der Waals surface area contributed by atoms with E-state index in [1.165, 1.54) is 4.90 Å². The van der Waals surface area contributed by atoms with Crippen molar-refractivity contribution < 1.29 is 14.0 Å². The normalized spacial score (nSPS) is 18.5. The van der Waals surface area contributed by atoms with Crippen LogP contribution in [0.15, 0.2) is 46.9 Å². The van der Waals surface area contributed by atoms with Gasteiger partial charge in [0, 0.05) is 0 Å². The molecule has 0 spiro atoms. The number of amides is 2. The van der Waals surface area contributed by atoms with Gasteiger partial charge in [0.05, 0.1) is 24.7 Å². The Morgan fingerprint density at radius 1 is 1.19 bits per heavy atom. The van der Waals surface area contributed by atoms with E-state index in [1.54, 1.807) is 12.1 Å². The SMILES string of the molecule is Cc1ccc(CN[C@H]2CC(=O)N(c3ccccc3)C2=O)o1. The third-order valence-electron chi connectivity index (χ3n) is 3.48. The molecular formula is C16H16N2O3. The number of imide groups is 1. The summed E-state index contributed by atoms with van der Waals surface area (Å²) in [6.07, 6.45) is 0.174. The number of para-hydroxylation sites is 1. The topological polar surface area (TPSA) is 62.6 Å². The van der Waals surface area contributed by atoms with E-state index in [4.69, 9.17) is 4.42 Å². The summed E-state index contributed by atoms with van der Waals surface area (Å²) >= 11 is 0. The number of furan rings is 1. The second kappa shape index (κ2) is 5.54. The van der Waals surface area contributed by atoms with Gasteiger partial charge in [0.25, 0.3) is 5.91 Å². The van der Waals surface area contributed by atoms with E-state index in [0.29, 0.717) is 12.2 Å². The van der Waals surface area contributed by atoms with Crippen molar-refractivity contribution in [1.29, 1.82) is 0 Å². The largest absolute Gasteiger partial charge is 0.465 e. The quantitative estimate of drug-likeness (QED) is 0.872. The van der Waals surface area contributed by atoms with Crippen LogP contribution in [0, 0.1) is 6.92 Å². The molecule has 5 heteroatoms. The smallest absolute Gasteiger partial charge is 0.251 e. The molecular weight excluding hydrogens is 268 g/mol. The van der Waals surface area contributed by atoms with Crippen LogP contribution < -0.4 is 10.2 Å². The molecule has 21 heavy (non-hydrogen) atoms. The van der Waals surface area contributed by atoms with Gasteiger partial charge in [-0.3, -0.25) is 14.9 Å². The van der Waals surface area contributed by atoms with Gasteiger partial charge in [-0.05, 0) is 31.2 Å². The van der Waals surface area contributed by atoms with E-state index in [1.807, 2.05) is 37.3 Å². The highest BCUT2D eigenvalue weighted by Gasteiger charge is 2.39. The molecule has 1 N–H and O–H groups in total. The molecule has 0 bridgehead atoms. The van der Waals surface area contributed by atoms with Gasteiger partial charge in [0.15, 0.2) is 0 Å². The maximum atomic E-state index is 12.4. The van der Waals surface area contributed by atoms with Crippen LogP contribution in [-0.2, 0) is 16.1 Å². The van der Waals surface area contributed by atoms with Gasteiger partial charge in [0.1, 0.15) is 11.5 Å². The Balaban J connectivity index is 1.69. The van der Waals surface area contributed by atoms with E-state index in [-0.39, 0.29) is 18.2 Å². The number of aryl methyl sites for hydroxylation is 1. The van der Waals surface area contributed by atoms with Crippen LogP contribution >= 0.6 is 0 Å². The highest BCUT2D eigenvalue weighted by molar-refractivity contribution is 6.22. The second-order valence-electron chi connectivity index (χ2n) is 5.05. The number of nitrogens with one attached hydrogen (secondary N) is 1. The van der Waals surface area contributed by atoms with Crippen molar-refractivity contribution in [2.45, 2.75) is 25.9 Å². The molecule has 1 atom stereocenters. The molecule has 5 nitrogen and oxygen atoms in total. The fourth-order valence-corrected chi connectivity index (χ4v) is 2.44. The average Bonchev–Trinajstić information content (AvgIpc) is 3.01. The molecule has 1 aliphatic rings. The molecule has 2 amide bonds. The van der Waals surface area contributed by atoms with Crippen LogP contribution in [0.25, 0.3) is 0 Å². The third kappa shape index (κ3) is 2.73. The summed E-state index contributed by atoms with van der Waals surface area (Å²) in [6.45, 7) is 2.30. The minimum Gasteiger partial charge on any atom is -0.465 e. The highest BCUT2D eigenvalue weighted by Crippen LogP contribution is 2.22. The lowest BCUT2D eigenvalue weighted by atomic mass is 10.2. The van der Waals surface area contributed by atoms with Crippen molar-refractivity contribution in [2.75, 3.05) is 4.90 Å². The molecule has 108 valence electrons. The number of rotatable bonds is 4. The minimum absolute atomic E-state index is 0.174. The minimum atomic E-state index is -0.497. The van der Waals surface area contributed by atoms with Crippen LogP contribution in [0.1, 0.15) is 17.9 Å². The van der Waals surface area contributed by atoms with Crippen molar-refractivity contribution in [1.82, 2.24) is 5.32 Å². The number of hydrogen-bond donors (Lipinski definition) is 1. The van der Waals surface area contributed by atoms with Gasteiger partial charge in [-0.2, -0.15) is 0 Å². The summed E-state index contributed by atoms with van der Waals surface area (Å²) in [5, 5.41) is 3.09. The molecule has 1 aromatic heterocycles. The predicted octanol–water partition coefficient (Wildman–Crippen LogP) is 2.01. The van der Waals surface area contributed by atoms with E-state index in [2.05, 4.69) is 5.32 Å². The zero-order valence-corrected chi connectivity index (χ0v) is 11.7. The first kappa shape index (κ1) is 13.6. The summed E-state index contributed by atoms with van der Waals surface area (Å²) in [5.74, 6) is 1.19. The zero-order chi connectivity index (χ0) is 14.8. The molecule has 0 unspecified atom stereocenters. The lowest BCUT2D eigenvalue weighted by Crippen LogP contribution is -2.38. The lowest BCUT2D eigenvalue weighted by Gasteiger charge is -2.15. The van der Waals surface area contributed by atoms with Gasteiger partial charge < -0.3 is 4.42 Å². The van der Waals surface area contributed by atoms with Crippen molar-refractivity contribution in [3.8, 4) is 0 Å². The first-order valence-corrected chi connectivity index (χ1v) is 6.85. The van der Waals surface area contributed by atoms with Gasteiger partial charge in [-0.1, -0.05) is 18.2 Å². The van der Waals surface area contributed by atoms with Gasteiger partial charge >= 0.3 is 0 Å². The van der Waals surface area contributed by atoms with E-state index >= 15 is 0 Å². The van der Waals surface area contributed by atoms with Crippen molar-refractivity contribution in [3.05, 3.63) is 54.0 Å². The molecule has 2 heterocycles. The lowest BCUT2D eigenvalue weighted by molar-refractivity contribution is -0.121. The summed E-state index contributed by atoms with van der Waals surface area (Å²) < 4.78 is 5.44. The first-order chi connectivity index (χ1) is 10.1. The number of carbonyl (C=O) groups is 2. The number of anilines is 1. The van der Waals surface area contributed by atoms with Crippen LogP contribution in [0.3, 0.4) is 0 Å². The molecule has 1 aliphatic heterocycles. The summed E-state index contributed by atoms with van der Waals surface area (Å²) in [5.41, 5.74) is 0.616. The molecule has 2 aromatic rings. The van der Waals surface area contributed by atoms with E-state index in [9.17, 15) is 9.59 Å². The number of benzene rings is 1. The maximum Gasteiger partial charge on any atom is 0.251 e. The van der Waals surface area contributed by atoms with Crippen molar-refractivity contribution >= 4 is 17.5 Å². The predicted molar refractivity (Wildman–Crippen MR) is 77.6 cm³/mol. The molecule has 0 aliphatic carbocycles. The Morgan fingerprint density at radius 3 is 2.62 bits per heavy atom. The molecule has 3 rings (SSSR count). The first-order valence-electron chi connectivity index (χ1n) is 6.85. The molecule has 1 fully saturated rings. The van der Waals surface area contributed by atoms with Gasteiger partial charge in [-0.15, -0.1) is 0 Å². The maximum absolute atomic E-state index is 12.4. The number of carbonyl (C=O) groups excluding carboxylic acids is 2. The summed E-state index contributed by atoms with van der Waals surface area (Å²) in [7, 11) is 0. The van der Waals surface area contributed by atoms with Gasteiger partial charge in [0.2, 0.25) is 5.91 Å². The monoisotopic (exact) mass is 284 g/mol. The Hall–Kier alpha value is -2.40. The van der Waals surface area contributed by atoms with Crippen LogP contribution in [0.5, 0.6) is 0 Å². The molecule has 1 saturated heterocycles. The van der Waals surface area contributed by atoms with E-state index in [0.717, 1.165) is 11.5 Å². The van der Waals surface area contributed by atoms with Crippen molar-refractivity contribution in [2.24, 2.45) is 0 Å². The van der Waals surface area contributed by atoms with E-state index < -0.39 is 6.04 Å². The van der Waals surface area contributed by atoms with Gasteiger partial charge in [-0.25, -0.2) is 4.90 Å². The number of nitrogens with zero attached hydrogens (tertiary/aromatic N) is 1. The van der Waals surface area contributed by atoms with Crippen molar-refractivity contribution in [3.63, 3.8) is 0 Å². The average molecular weight is 284 g/mol.